The lowest BCUT2D eigenvalue weighted by Crippen LogP contribution is -2.46. The van der Waals surface area contributed by atoms with Gasteiger partial charge in [-0.2, -0.15) is 0 Å². The summed E-state index contributed by atoms with van der Waals surface area (Å²) in [6.07, 6.45) is 3.55. The maximum absolute atomic E-state index is 13.2. The molecule has 5 rings (SSSR count). The van der Waals surface area contributed by atoms with Crippen LogP contribution in [0.4, 0.5) is 16.2 Å². The van der Waals surface area contributed by atoms with Gasteiger partial charge in [-0.25, -0.2) is 17.9 Å². The molecule has 3 aliphatic rings. The van der Waals surface area contributed by atoms with Crippen LogP contribution in [0.3, 0.4) is 0 Å². The highest BCUT2D eigenvalue weighted by molar-refractivity contribution is 7.89. The number of nitrogens with zero attached hydrogens (tertiary/aromatic N) is 3. The van der Waals surface area contributed by atoms with Crippen LogP contribution in [0, 0.1) is 0 Å². The molecule has 36 heavy (non-hydrogen) atoms. The predicted molar refractivity (Wildman–Crippen MR) is 140 cm³/mol. The number of piperazine rings is 1. The number of sulfonamides is 1. The smallest absolute Gasteiger partial charge is 0.322 e. The van der Waals surface area contributed by atoms with E-state index >= 15 is 0 Å². The number of anilines is 2. The van der Waals surface area contributed by atoms with E-state index in [2.05, 4.69) is 33.0 Å². The van der Waals surface area contributed by atoms with Gasteiger partial charge in [-0.05, 0) is 62.7 Å². The summed E-state index contributed by atoms with van der Waals surface area (Å²) in [5.74, 6) is 0.871. The molecular formula is C26H35N5O4S. The van der Waals surface area contributed by atoms with Gasteiger partial charge < -0.3 is 24.8 Å². The summed E-state index contributed by atoms with van der Waals surface area (Å²) in [6.45, 7) is 5.00. The maximum atomic E-state index is 13.2. The van der Waals surface area contributed by atoms with Crippen LogP contribution in [0.2, 0.25) is 0 Å². The van der Waals surface area contributed by atoms with Gasteiger partial charge in [0.2, 0.25) is 10.0 Å². The predicted octanol–water partition coefficient (Wildman–Crippen LogP) is 2.87. The molecule has 0 radical (unpaired) electrons. The first-order valence-electron chi connectivity index (χ1n) is 12.6. The van der Waals surface area contributed by atoms with E-state index in [4.69, 9.17) is 4.74 Å². The number of likely N-dealkylation sites (N-methyl/N-ethyl adjacent to an activating group) is 1. The molecule has 2 heterocycles. The molecule has 0 unspecified atom stereocenters. The van der Waals surface area contributed by atoms with Crippen LogP contribution in [-0.4, -0.2) is 77.2 Å². The molecule has 9 nitrogen and oxygen atoms in total. The molecule has 0 aromatic heterocycles. The van der Waals surface area contributed by atoms with Crippen molar-refractivity contribution >= 4 is 27.4 Å². The Labute approximate surface area is 213 Å². The van der Waals surface area contributed by atoms with E-state index in [1.54, 1.807) is 31.4 Å². The number of urea groups is 1. The Hall–Kier alpha value is -2.82. The Bertz CT molecular complexity index is 1210. The minimum Gasteiger partial charge on any atom is -0.496 e. The fourth-order valence-corrected chi connectivity index (χ4v) is 6.37. The molecule has 2 aromatic carbocycles. The summed E-state index contributed by atoms with van der Waals surface area (Å²) in [5, 5.41) is 2.94. The average Bonchev–Trinajstić information content (AvgIpc) is 2.86. The van der Waals surface area contributed by atoms with Gasteiger partial charge in [-0.3, -0.25) is 0 Å². The molecule has 2 aromatic rings. The Morgan fingerprint density at radius 1 is 0.972 bits per heavy atom. The lowest BCUT2D eigenvalue weighted by atomic mass is 9.94. The van der Waals surface area contributed by atoms with Gasteiger partial charge in [0.05, 0.1) is 12.0 Å². The van der Waals surface area contributed by atoms with Gasteiger partial charge in [0.25, 0.3) is 0 Å². The third kappa shape index (κ3) is 5.16. The first-order chi connectivity index (χ1) is 17.3. The van der Waals surface area contributed by atoms with Crippen molar-refractivity contribution in [3.05, 3.63) is 47.5 Å². The lowest BCUT2D eigenvalue weighted by molar-refractivity contribution is 0.206. The number of ether oxygens (including phenoxy) is 1. The minimum absolute atomic E-state index is 0.0331. The van der Waals surface area contributed by atoms with E-state index in [0.717, 1.165) is 63.2 Å². The highest BCUT2D eigenvalue weighted by atomic mass is 32.2. The second-order valence-electron chi connectivity index (χ2n) is 9.91. The van der Waals surface area contributed by atoms with E-state index in [0.29, 0.717) is 18.8 Å². The van der Waals surface area contributed by atoms with Crippen molar-refractivity contribution in [3.63, 3.8) is 0 Å². The molecule has 2 N–H and O–H groups in total. The van der Waals surface area contributed by atoms with Crippen LogP contribution in [-0.2, 0) is 23.0 Å². The third-order valence-corrected chi connectivity index (χ3v) is 9.07. The van der Waals surface area contributed by atoms with Crippen LogP contribution < -0.4 is 19.7 Å². The maximum Gasteiger partial charge on any atom is 0.322 e. The molecule has 0 atom stereocenters. The summed E-state index contributed by atoms with van der Waals surface area (Å²) in [7, 11) is 0.291. The molecule has 10 heteroatoms. The number of fused-ring (bicyclic) bond motifs is 1. The number of amides is 2. The number of methoxy groups -OCH3 is 1. The Balaban J connectivity index is 1.28. The summed E-state index contributed by atoms with van der Waals surface area (Å²) >= 11 is 0. The summed E-state index contributed by atoms with van der Waals surface area (Å²) in [5.41, 5.74) is 4.05. The number of benzene rings is 2. The Morgan fingerprint density at radius 2 is 1.69 bits per heavy atom. The lowest BCUT2D eigenvalue weighted by Gasteiger charge is -2.38. The van der Waals surface area contributed by atoms with E-state index in [1.807, 2.05) is 11.0 Å². The first kappa shape index (κ1) is 24.9. The molecule has 2 aliphatic heterocycles. The van der Waals surface area contributed by atoms with Crippen LogP contribution in [0.25, 0.3) is 0 Å². The molecule has 0 spiro atoms. The van der Waals surface area contributed by atoms with Gasteiger partial charge in [-0.1, -0.05) is 6.42 Å². The van der Waals surface area contributed by atoms with Crippen LogP contribution in [0.5, 0.6) is 5.75 Å². The van der Waals surface area contributed by atoms with Crippen LogP contribution in [0.15, 0.2) is 41.3 Å². The zero-order chi connectivity index (χ0) is 25.3. The van der Waals surface area contributed by atoms with Crippen molar-refractivity contribution in [3.8, 4) is 5.75 Å². The molecule has 194 valence electrons. The molecular weight excluding hydrogens is 478 g/mol. The highest BCUT2D eigenvalue weighted by Crippen LogP contribution is 2.36. The molecule has 2 fully saturated rings. The van der Waals surface area contributed by atoms with Crippen molar-refractivity contribution in [2.24, 2.45) is 0 Å². The van der Waals surface area contributed by atoms with Crippen molar-refractivity contribution in [2.45, 2.75) is 43.2 Å². The monoisotopic (exact) mass is 513 g/mol. The summed E-state index contributed by atoms with van der Waals surface area (Å²) in [4.78, 5) is 19.9. The average molecular weight is 514 g/mol. The first-order valence-corrected chi connectivity index (χ1v) is 14.1. The number of rotatable bonds is 6. The molecule has 2 amide bonds. The fourth-order valence-electron chi connectivity index (χ4n) is 5.07. The number of carbonyl (C=O) groups excluding carboxylic acids is 1. The fraction of sp³-hybridized carbons (Fsp3) is 0.500. The van der Waals surface area contributed by atoms with Gasteiger partial charge >= 0.3 is 6.03 Å². The molecule has 1 aliphatic carbocycles. The van der Waals surface area contributed by atoms with Gasteiger partial charge in [-0.15, -0.1) is 0 Å². The number of carbonyl (C=O) groups is 1. The summed E-state index contributed by atoms with van der Waals surface area (Å²) in [6, 6.07) is 10.4. The van der Waals surface area contributed by atoms with Crippen LogP contribution in [0.1, 0.15) is 30.4 Å². The second kappa shape index (κ2) is 10.3. The van der Waals surface area contributed by atoms with E-state index in [1.165, 1.54) is 11.3 Å². The Kier molecular flexibility index (Phi) is 7.09. The third-order valence-electron chi connectivity index (χ3n) is 7.54. The van der Waals surface area contributed by atoms with E-state index in [-0.39, 0.29) is 17.0 Å². The molecule has 1 saturated heterocycles. The topological polar surface area (TPSA) is 94.2 Å². The van der Waals surface area contributed by atoms with E-state index in [9.17, 15) is 13.2 Å². The highest BCUT2D eigenvalue weighted by Gasteiger charge is 2.28. The quantitative estimate of drug-likeness (QED) is 0.617. The SMILES string of the molecule is COc1ccc(N2CCN(C)CC2)c2c1CCN(C(=O)Nc1ccc(S(=O)(=O)NC3CCC3)cc1)C2. The van der Waals surface area contributed by atoms with Gasteiger partial charge in [0.15, 0.2) is 0 Å². The second-order valence-corrected chi connectivity index (χ2v) is 11.6. The van der Waals surface area contributed by atoms with Crippen LogP contribution >= 0.6 is 0 Å². The normalized spacial score (nSPS) is 18.9. The summed E-state index contributed by atoms with van der Waals surface area (Å²) < 4.78 is 33.5. The van der Waals surface area contributed by atoms with Gasteiger partial charge in [0, 0.05) is 67.8 Å². The zero-order valence-corrected chi connectivity index (χ0v) is 21.8. The minimum atomic E-state index is -3.54. The van der Waals surface area contributed by atoms with Crippen molar-refractivity contribution < 1.29 is 17.9 Å². The zero-order valence-electron chi connectivity index (χ0n) is 21.0. The largest absolute Gasteiger partial charge is 0.496 e. The molecule has 0 bridgehead atoms. The number of hydrogen-bond donors (Lipinski definition) is 2. The Morgan fingerprint density at radius 3 is 2.33 bits per heavy atom. The number of hydrogen-bond acceptors (Lipinski definition) is 6. The number of nitrogens with one attached hydrogen (secondary N) is 2. The van der Waals surface area contributed by atoms with Gasteiger partial charge in [0.1, 0.15) is 5.75 Å². The van der Waals surface area contributed by atoms with Crippen molar-refractivity contribution in [1.29, 1.82) is 0 Å². The standard InChI is InChI=1S/C26H35N5O4S/c1-29-14-16-30(17-15-29)24-10-11-25(35-2)22-12-13-31(18-23(22)24)26(32)27-19-6-8-21(9-7-19)36(33,34)28-20-4-3-5-20/h6-11,20,28H,3-5,12-18H2,1-2H3,(H,27,32). The van der Waals surface area contributed by atoms with E-state index < -0.39 is 10.0 Å². The molecule has 1 saturated carbocycles. The van der Waals surface area contributed by atoms with Crippen molar-refractivity contribution in [2.75, 3.05) is 57.1 Å². The van der Waals surface area contributed by atoms with Crippen molar-refractivity contribution in [1.82, 2.24) is 14.5 Å².